The molecule has 0 unspecified atom stereocenters. The lowest BCUT2D eigenvalue weighted by molar-refractivity contribution is 1.12. The van der Waals surface area contributed by atoms with Crippen LogP contribution < -0.4 is 26.2 Å². The highest BCUT2D eigenvalue weighted by Gasteiger charge is 2.05. The van der Waals surface area contributed by atoms with Crippen LogP contribution in [-0.4, -0.2) is 35.2 Å². The maximum atomic E-state index is 5.62. The van der Waals surface area contributed by atoms with Crippen LogP contribution >= 0.6 is 0 Å². The van der Waals surface area contributed by atoms with Crippen LogP contribution in [0.2, 0.25) is 0 Å². The highest BCUT2D eigenvalue weighted by molar-refractivity contribution is 5.66. The largest absolute Gasteiger partial charge is 0.399 e. The third-order valence-corrected chi connectivity index (χ3v) is 5.87. The first-order valence-corrected chi connectivity index (χ1v) is 12.7. The molecule has 204 valence electrons. The summed E-state index contributed by atoms with van der Waals surface area (Å²) in [6, 6.07) is 33.0. The molecule has 0 spiro atoms. The first-order chi connectivity index (χ1) is 17.7. The lowest BCUT2D eigenvalue weighted by Crippen LogP contribution is -2.12. The summed E-state index contributed by atoms with van der Waals surface area (Å²) in [5, 5.41) is 0. The van der Waals surface area contributed by atoms with Gasteiger partial charge in [-0.1, -0.05) is 45.5 Å². The molecule has 0 atom stereocenters. The van der Waals surface area contributed by atoms with E-state index in [0.717, 1.165) is 17.8 Å². The third-order valence-electron chi connectivity index (χ3n) is 5.87. The maximum absolute atomic E-state index is 5.62. The predicted molar refractivity (Wildman–Crippen MR) is 172 cm³/mol. The Morgan fingerprint density at radius 3 is 0.974 bits per heavy atom. The molecular formula is C33H47N5. The third kappa shape index (κ3) is 9.74. The molecule has 0 amide bonds. The van der Waals surface area contributed by atoms with Crippen molar-refractivity contribution in [1.29, 1.82) is 0 Å². The second-order valence-corrected chi connectivity index (χ2v) is 9.04. The minimum absolute atomic E-state index is 0. The predicted octanol–water partition coefficient (Wildman–Crippen LogP) is 7.69. The molecule has 38 heavy (non-hydrogen) atoms. The topological polar surface area (TPSA) is 61.8 Å². The van der Waals surface area contributed by atoms with Gasteiger partial charge in [0, 0.05) is 69.4 Å². The van der Waals surface area contributed by atoms with E-state index in [2.05, 4.69) is 98.5 Å². The minimum atomic E-state index is 0. The second kappa shape index (κ2) is 15.9. The molecule has 4 N–H and O–H groups in total. The standard InChI is InChI=1S/C17H23N3.C13H14N2.C2H6.CH4/c1-18(2)14-6-10-16(11-7-14)20(5)17-12-8-15(9-13-17)19(3)4;14-12-5-1-10(2-6-12)9-11-3-7-13(15)8-4-11;1-2;/h6-13H,1-5H3;1-8H,9,14-15H2;1-2H3;1H4. The number of nitrogens with zero attached hydrogens (tertiary/aromatic N) is 3. The number of nitrogens with two attached hydrogens (primary N) is 2. The molecule has 0 aromatic heterocycles. The van der Waals surface area contributed by atoms with Gasteiger partial charge < -0.3 is 26.2 Å². The van der Waals surface area contributed by atoms with Crippen molar-refractivity contribution in [1.82, 2.24) is 0 Å². The number of rotatable bonds is 6. The summed E-state index contributed by atoms with van der Waals surface area (Å²) in [6.07, 6.45) is 0.917. The molecule has 0 heterocycles. The van der Waals surface area contributed by atoms with Crippen LogP contribution in [0.5, 0.6) is 0 Å². The Kier molecular flexibility index (Phi) is 13.3. The van der Waals surface area contributed by atoms with Gasteiger partial charge in [0.2, 0.25) is 0 Å². The number of hydrogen-bond acceptors (Lipinski definition) is 5. The Morgan fingerprint density at radius 1 is 0.447 bits per heavy atom. The first-order valence-electron chi connectivity index (χ1n) is 12.7. The van der Waals surface area contributed by atoms with E-state index in [4.69, 9.17) is 11.5 Å². The molecule has 4 aromatic carbocycles. The van der Waals surface area contributed by atoms with Gasteiger partial charge in [0.1, 0.15) is 0 Å². The summed E-state index contributed by atoms with van der Waals surface area (Å²) >= 11 is 0. The van der Waals surface area contributed by atoms with E-state index in [0.29, 0.717) is 0 Å². The van der Waals surface area contributed by atoms with Crippen LogP contribution in [0.15, 0.2) is 97.1 Å². The van der Waals surface area contributed by atoms with Gasteiger partial charge in [-0.25, -0.2) is 0 Å². The van der Waals surface area contributed by atoms with Gasteiger partial charge in [-0.2, -0.15) is 0 Å². The monoisotopic (exact) mass is 513 g/mol. The van der Waals surface area contributed by atoms with E-state index in [1.807, 2.05) is 62.4 Å². The van der Waals surface area contributed by atoms with Gasteiger partial charge in [-0.15, -0.1) is 0 Å². The molecule has 0 fully saturated rings. The SMILES string of the molecule is C.CC.CN(C)c1ccc(N(C)c2ccc(N(C)C)cc2)cc1.Nc1ccc(Cc2ccc(N)cc2)cc1. The average molecular weight is 514 g/mol. The van der Waals surface area contributed by atoms with Gasteiger partial charge in [-0.05, 0) is 90.3 Å². The maximum Gasteiger partial charge on any atom is 0.0409 e. The number of nitrogen functional groups attached to an aromatic ring is 2. The van der Waals surface area contributed by atoms with Crippen molar-refractivity contribution in [3.63, 3.8) is 0 Å². The zero-order chi connectivity index (χ0) is 27.4. The van der Waals surface area contributed by atoms with Crippen LogP contribution in [0.4, 0.5) is 34.1 Å². The number of hydrogen-bond donors (Lipinski definition) is 2. The van der Waals surface area contributed by atoms with Crippen LogP contribution in [0.3, 0.4) is 0 Å². The quantitative estimate of drug-likeness (QED) is 0.259. The fourth-order valence-electron chi connectivity index (χ4n) is 3.60. The lowest BCUT2D eigenvalue weighted by atomic mass is 10.0. The molecule has 0 saturated carbocycles. The molecule has 0 bridgehead atoms. The van der Waals surface area contributed by atoms with Gasteiger partial charge in [0.15, 0.2) is 0 Å². The lowest BCUT2D eigenvalue weighted by Gasteiger charge is -2.22. The fourth-order valence-corrected chi connectivity index (χ4v) is 3.60. The van der Waals surface area contributed by atoms with E-state index in [9.17, 15) is 0 Å². The van der Waals surface area contributed by atoms with Crippen LogP contribution in [0, 0.1) is 0 Å². The molecule has 0 aliphatic carbocycles. The zero-order valence-electron chi connectivity index (χ0n) is 23.4. The van der Waals surface area contributed by atoms with Crippen LogP contribution in [0.25, 0.3) is 0 Å². The zero-order valence-corrected chi connectivity index (χ0v) is 23.4. The Bertz CT molecular complexity index is 1070. The fraction of sp³-hybridized carbons (Fsp3) is 0.273. The van der Waals surface area contributed by atoms with Gasteiger partial charge >= 0.3 is 0 Å². The van der Waals surface area contributed by atoms with E-state index >= 15 is 0 Å². The van der Waals surface area contributed by atoms with Gasteiger partial charge in [-0.3, -0.25) is 0 Å². The highest BCUT2D eigenvalue weighted by atomic mass is 15.1. The Morgan fingerprint density at radius 2 is 0.711 bits per heavy atom. The second-order valence-electron chi connectivity index (χ2n) is 9.04. The van der Waals surface area contributed by atoms with Crippen molar-refractivity contribution in [2.45, 2.75) is 27.7 Å². The molecule has 0 saturated heterocycles. The van der Waals surface area contributed by atoms with E-state index in [-0.39, 0.29) is 7.43 Å². The molecule has 4 aromatic rings. The smallest absolute Gasteiger partial charge is 0.0409 e. The van der Waals surface area contributed by atoms with Crippen LogP contribution in [0.1, 0.15) is 32.4 Å². The minimum Gasteiger partial charge on any atom is -0.399 e. The summed E-state index contributed by atoms with van der Waals surface area (Å²) in [4.78, 5) is 6.41. The molecule has 0 radical (unpaired) electrons. The van der Waals surface area contributed by atoms with Crippen molar-refractivity contribution in [2.75, 3.05) is 61.4 Å². The summed E-state index contributed by atoms with van der Waals surface area (Å²) in [6.45, 7) is 4.00. The molecule has 5 heteroatoms. The normalized spacial score (nSPS) is 9.55. The number of benzene rings is 4. The van der Waals surface area contributed by atoms with E-state index in [1.54, 1.807) is 0 Å². The molecular weight excluding hydrogens is 466 g/mol. The molecule has 0 aliphatic rings. The van der Waals surface area contributed by atoms with E-state index in [1.165, 1.54) is 33.9 Å². The summed E-state index contributed by atoms with van der Waals surface area (Å²) in [5.41, 5.74) is 20.2. The van der Waals surface area contributed by atoms with Crippen molar-refractivity contribution < 1.29 is 0 Å². The van der Waals surface area contributed by atoms with E-state index < -0.39 is 0 Å². The van der Waals surface area contributed by atoms with Crippen molar-refractivity contribution in [2.24, 2.45) is 0 Å². The van der Waals surface area contributed by atoms with Gasteiger partial charge in [0.25, 0.3) is 0 Å². The first kappa shape index (κ1) is 31.9. The number of anilines is 6. The Hall–Kier alpha value is -4.12. The summed E-state index contributed by atoms with van der Waals surface area (Å²) in [5.74, 6) is 0. The highest BCUT2D eigenvalue weighted by Crippen LogP contribution is 2.27. The summed E-state index contributed by atoms with van der Waals surface area (Å²) in [7, 11) is 10.3. The Balaban J connectivity index is 0.000000359. The molecule has 4 rings (SSSR count). The van der Waals surface area contributed by atoms with Crippen molar-refractivity contribution >= 4 is 34.1 Å². The molecule has 0 aliphatic heterocycles. The van der Waals surface area contributed by atoms with Crippen LogP contribution in [-0.2, 0) is 6.42 Å². The summed E-state index contributed by atoms with van der Waals surface area (Å²) < 4.78 is 0. The van der Waals surface area contributed by atoms with Gasteiger partial charge in [0.05, 0.1) is 0 Å². The average Bonchev–Trinajstić information content (AvgIpc) is 2.92. The Labute approximate surface area is 231 Å². The van der Waals surface area contributed by atoms with Crippen molar-refractivity contribution in [3.8, 4) is 0 Å². The van der Waals surface area contributed by atoms with Crippen molar-refractivity contribution in [3.05, 3.63) is 108 Å². The molecule has 5 nitrogen and oxygen atoms in total.